The van der Waals surface area contributed by atoms with E-state index >= 15 is 0 Å². The highest BCUT2D eigenvalue weighted by molar-refractivity contribution is 9.10. The van der Waals surface area contributed by atoms with Gasteiger partial charge in [-0.25, -0.2) is 4.98 Å². The summed E-state index contributed by atoms with van der Waals surface area (Å²) in [6.45, 7) is 5.97. The highest BCUT2D eigenvalue weighted by atomic mass is 79.9. The Bertz CT molecular complexity index is 223. The summed E-state index contributed by atoms with van der Waals surface area (Å²) in [6, 6.07) is 1.79. The van der Waals surface area contributed by atoms with Gasteiger partial charge in [-0.05, 0) is 18.6 Å². The molecule has 0 fully saturated rings. The first kappa shape index (κ1) is 10.4. The molecule has 0 saturated carbocycles. The lowest BCUT2D eigenvalue weighted by atomic mass is 10.3. The maximum atomic E-state index is 5.39. The number of aromatic nitrogens is 1. The molecule has 3 heteroatoms. The van der Waals surface area contributed by atoms with Gasteiger partial charge in [0.25, 0.3) is 0 Å². The Morgan fingerprint density at radius 3 is 2.36 bits per heavy atom. The molecular formula is C8H13BrN2. The van der Waals surface area contributed by atoms with Gasteiger partial charge in [-0.3, -0.25) is 0 Å². The van der Waals surface area contributed by atoms with Crippen molar-refractivity contribution in [1.29, 1.82) is 0 Å². The topological polar surface area (TPSA) is 38.9 Å². The fraction of sp³-hybridized carbons (Fsp3) is 0.375. The van der Waals surface area contributed by atoms with Crippen molar-refractivity contribution in [2.45, 2.75) is 20.8 Å². The fourth-order valence-electron chi connectivity index (χ4n) is 0.514. The molecule has 0 atom stereocenters. The molecule has 0 aliphatic carbocycles. The molecule has 1 aromatic heterocycles. The zero-order valence-electron chi connectivity index (χ0n) is 7.06. The third-order valence-corrected chi connectivity index (χ3v) is 1.91. The van der Waals surface area contributed by atoms with E-state index in [0.717, 1.165) is 10.0 Å². The SMILES string of the molecule is CC.Cc1cnc(N)cc1Br. The summed E-state index contributed by atoms with van der Waals surface area (Å²) in [5, 5.41) is 0. The number of nitrogens with zero attached hydrogens (tertiary/aromatic N) is 1. The Hall–Kier alpha value is -0.570. The van der Waals surface area contributed by atoms with Crippen molar-refractivity contribution in [2.75, 3.05) is 5.73 Å². The highest BCUT2D eigenvalue weighted by Gasteiger charge is 1.92. The summed E-state index contributed by atoms with van der Waals surface area (Å²) < 4.78 is 1.01. The molecule has 0 saturated heterocycles. The van der Waals surface area contributed by atoms with Crippen molar-refractivity contribution in [3.63, 3.8) is 0 Å². The van der Waals surface area contributed by atoms with Gasteiger partial charge in [-0.2, -0.15) is 0 Å². The lowest BCUT2D eigenvalue weighted by molar-refractivity contribution is 1.26. The van der Waals surface area contributed by atoms with Crippen LogP contribution in [-0.2, 0) is 0 Å². The number of halogens is 1. The number of anilines is 1. The maximum absolute atomic E-state index is 5.39. The van der Waals surface area contributed by atoms with Gasteiger partial charge < -0.3 is 5.73 Å². The van der Waals surface area contributed by atoms with Crippen LogP contribution >= 0.6 is 15.9 Å². The van der Waals surface area contributed by atoms with Crippen LogP contribution < -0.4 is 5.73 Å². The summed E-state index contributed by atoms with van der Waals surface area (Å²) in [7, 11) is 0. The molecular weight excluding hydrogens is 204 g/mol. The van der Waals surface area contributed by atoms with E-state index in [4.69, 9.17) is 5.73 Å². The van der Waals surface area contributed by atoms with E-state index in [9.17, 15) is 0 Å². The lowest BCUT2D eigenvalue weighted by Crippen LogP contribution is -1.89. The van der Waals surface area contributed by atoms with Crippen LogP contribution in [0.15, 0.2) is 16.7 Å². The van der Waals surface area contributed by atoms with Gasteiger partial charge in [0.15, 0.2) is 0 Å². The predicted octanol–water partition coefficient (Wildman–Crippen LogP) is 2.76. The van der Waals surface area contributed by atoms with Crippen molar-refractivity contribution in [1.82, 2.24) is 4.98 Å². The summed E-state index contributed by atoms with van der Waals surface area (Å²) in [4.78, 5) is 3.89. The summed E-state index contributed by atoms with van der Waals surface area (Å²) in [6.07, 6.45) is 1.74. The molecule has 0 aliphatic rings. The first-order chi connectivity index (χ1) is 5.20. The van der Waals surface area contributed by atoms with Crippen LogP contribution in [0.4, 0.5) is 5.82 Å². The minimum Gasteiger partial charge on any atom is -0.384 e. The van der Waals surface area contributed by atoms with Gasteiger partial charge in [0.05, 0.1) is 0 Å². The van der Waals surface area contributed by atoms with E-state index in [0.29, 0.717) is 5.82 Å². The third kappa shape index (κ3) is 3.37. The van der Waals surface area contributed by atoms with Gasteiger partial charge in [0.2, 0.25) is 0 Å². The normalized spacial score (nSPS) is 8.36. The van der Waals surface area contributed by atoms with E-state index in [-0.39, 0.29) is 0 Å². The predicted molar refractivity (Wildman–Crippen MR) is 52.4 cm³/mol. The van der Waals surface area contributed by atoms with Gasteiger partial charge in [0, 0.05) is 10.7 Å². The number of hydrogen-bond acceptors (Lipinski definition) is 2. The molecule has 1 aromatic rings. The van der Waals surface area contributed by atoms with Gasteiger partial charge in [-0.1, -0.05) is 29.8 Å². The Morgan fingerprint density at radius 1 is 1.45 bits per heavy atom. The zero-order valence-corrected chi connectivity index (χ0v) is 8.64. The Kier molecular flexibility index (Phi) is 4.86. The molecule has 11 heavy (non-hydrogen) atoms. The average Bonchev–Trinajstić information content (AvgIpc) is 2.02. The Balaban J connectivity index is 0.000000461. The third-order valence-electron chi connectivity index (χ3n) is 1.06. The van der Waals surface area contributed by atoms with Crippen LogP contribution in [0.3, 0.4) is 0 Å². The first-order valence-electron chi connectivity index (χ1n) is 3.58. The smallest absolute Gasteiger partial charge is 0.124 e. The van der Waals surface area contributed by atoms with Crippen molar-refractivity contribution in [2.24, 2.45) is 0 Å². The molecule has 1 rings (SSSR count). The first-order valence-corrected chi connectivity index (χ1v) is 4.37. The number of rotatable bonds is 0. The molecule has 0 bridgehead atoms. The van der Waals surface area contributed by atoms with Crippen LogP contribution in [0.2, 0.25) is 0 Å². The summed E-state index contributed by atoms with van der Waals surface area (Å²) in [5.41, 5.74) is 6.49. The second-order valence-electron chi connectivity index (χ2n) is 1.86. The minimum absolute atomic E-state index is 0.549. The Labute approximate surface area is 76.0 Å². The summed E-state index contributed by atoms with van der Waals surface area (Å²) >= 11 is 3.33. The van der Waals surface area contributed by atoms with Crippen LogP contribution in [0.5, 0.6) is 0 Å². The van der Waals surface area contributed by atoms with Crippen molar-refractivity contribution in [3.8, 4) is 0 Å². The molecule has 2 nitrogen and oxygen atoms in total. The van der Waals surface area contributed by atoms with Gasteiger partial charge >= 0.3 is 0 Å². The Morgan fingerprint density at radius 2 is 2.00 bits per heavy atom. The molecule has 0 radical (unpaired) electrons. The molecule has 0 aromatic carbocycles. The molecule has 0 unspecified atom stereocenters. The number of aryl methyl sites for hydroxylation is 1. The van der Waals surface area contributed by atoms with Gasteiger partial charge in [0.1, 0.15) is 5.82 Å². The quantitative estimate of drug-likeness (QED) is 0.725. The maximum Gasteiger partial charge on any atom is 0.124 e. The summed E-state index contributed by atoms with van der Waals surface area (Å²) in [5.74, 6) is 0.549. The monoisotopic (exact) mass is 216 g/mol. The standard InChI is InChI=1S/C6H7BrN2.C2H6/c1-4-3-9-6(8)2-5(4)7;1-2/h2-3H,1H3,(H2,8,9);1-2H3. The molecule has 0 aliphatic heterocycles. The molecule has 62 valence electrons. The number of hydrogen-bond donors (Lipinski definition) is 1. The molecule has 0 spiro atoms. The van der Waals surface area contributed by atoms with Crippen molar-refractivity contribution < 1.29 is 0 Å². The highest BCUT2D eigenvalue weighted by Crippen LogP contribution is 2.15. The molecule has 1 heterocycles. The largest absolute Gasteiger partial charge is 0.384 e. The van der Waals surface area contributed by atoms with Crippen LogP contribution in [-0.4, -0.2) is 4.98 Å². The van der Waals surface area contributed by atoms with Crippen LogP contribution in [0, 0.1) is 6.92 Å². The van der Waals surface area contributed by atoms with Gasteiger partial charge in [-0.15, -0.1) is 0 Å². The molecule has 0 amide bonds. The van der Waals surface area contributed by atoms with E-state index in [1.54, 1.807) is 12.3 Å². The fourth-order valence-corrected chi connectivity index (χ4v) is 0.851. The molecule has 2 N–H and O–H groups in total. The van der Waals surface area contributed by atoms with Crippen LogP contribution in [0.1, 0.15) is 19.4 Å². The van der Waals surface area contributed by atoms with E-state index < -0.39 is 0 Å². The van der Waals surface area contributed by atoms with Crippen molar-refractivity contribution >= 4 is 21.7 Å². The number of pyridine rings is 1. The van der Waals surface area contributed by atoms with E-state index in [1.165, 1.54) is 0 Å². The second-order valence-corrected chi connectivity index (χ2v) is 2.71. The lowest BCUT2D eigenvalue weighted by Gasteiger charge is -1.95. The number of nitrogen functional groups attached to an aromatic ring is 1. The van der Waals surface area contributed by atoms with Crippen molar-refractivity contribution in [3.05, 3.63) is 22.3 Å². The van der Waals surface area contributed by atoms with E-state index in [1.807, 2.05) is 20.8 Å². The van der Waals surface area contributed by atoms with E-state index in [2.05, 4.69) is 20.9 Å². The number of nitrogens with two attached hydrogens (primary N) is 1. The zero-order chi connectivity index (χ0) is 8.85. The second kappa shape index (κ2) is 5.13. The average molecular weight is 217 g/mol. The minimum atomic E-state index is 0.549. The van der Waals surface area contributed by atoms with Crippen LogP contribution in [0.25, 0.3) is 0 Å².